The second-order valence-electron chi connectivity index (χ2n) is 8.22. The minimum Gasteiger partial charge on any atom is -0.384 e. The molecule has 0 atom stereocenters. The molecule has 0 radical (unpaired) electrons. The standard InChI is InChI=1S/C17H27N3/c1-11(2)15-16(18)20(10-19-15)9-17-6-12-3-13(7-17)5-14(4-12)8-17/h10-14H,3-9,18H2,1-2H3. The number of imidazole rings is 1. The van der Waals surface area contributed by atoms with Crippen molar-refractivity contribution in [2.45, 2.75) is 64.8 Å². The third kappa shape index (κ3) is 1.89. The number of nitrogens with two attached hydrogens (primary N) is 1. The van der Waals surface area contributed by atoms with Gasteiger partial charge in [0.2, 0.25) is 0 Å². The van der Waals surface area contributed by atoms with Crippen LogP contribution in [-0.2, 0) is 6.54 Å². The van der Waals surface area contributed by atoms with E-state index in [0.717, 1.165) is 35.8 Å². The first-order valence-corrected chi connectivity index (χ1v) is 8.35. The molecule has 4 aliphatic rings. The average molecular weight is 273 g/mol. The fraction of sp³-hybridized carbons (Fsp3) is 0.824. The van der Waals surface area contributed by atoms with Gasteiger partial charge in [0, 0.05) is 6.54 Å². The van der Waals surface area contributed by atoms with Gasteiger partial charge in [-0.25, -0.2) is 4.98 Å². The third-order valence-electron chi connectivity index (χ3n) is 6.13. The fourth-order valence-electron chi connectivity index (χ4n) is 5.82. The number of hydrogen-bond acceptors (Lipinski definition) is 2. The highest BCUT2D eigenvalue weighted by Crippen LogP contribution is 2.60. The van der Waals surface area contributed by atoms with Crippen molar-refractivity contribution in [3.05, 3.63) is 12.0 Å². The summed E-state index contributed by atoms with van der Waals surface area (Å²) >= 11 is 0. The molecular weight excluding hydrogens is 246 g/mol. The summed E-state index contributed by atoms with van der Waals surface area (Å²) in [4.78, 5) is 4.55. The molecule has 4 aliphatic carbocycles. The van der Waals surface area contributed by atoms with Crippen LogP contribution in [0.1, 0.15) is 64.0 Å². The minimum absolute atomic E-state index is 0.424. The molecule has 5 rings (SSSR count). The Hall–Kier alpha value is -0.990. The summed E-state index contributed by atoms with van der Waals surface area (Å²) in [6.45, 7) is 5.46. The Balaban J connectivity index is 1.60. The van der Waals surface area contributed by atoms with Crippen LogP contribution in [-0.4, -0.2) is 9.55 Å². The van der Waals surface area contributed by atoms with E-state index < -0.39 is 0 Å². The Kier molecular flexibility index (Phi) is 2.71. The highest BCUT2D eigenvalue weighted by atomic mass is 15.1. The number of rotatable bonds is 3. The predicted octanol–water partition coefficient (Wildman–Crippen LogP) is 3.81. The second-order valence-corrected chi connectivity index (χ2v) is 8.22. The summed E-state index contributed by atoms with van der Waals surface area (Å²) < 4.78 is 2.25. The van der Waals surface area contributed by atoms with E-state index in [1.54, 1.807) is 0 Å². The van der Waals surface area contributed by atoms with Crippen molar-refractivity contribution in [3.8, 4) is 0 Å². The molecule has 0 amide bonds. The summed E-state index contributed by atoms with van der Waals surface area (Å²) in [5.74, 6) is 4.37. The van der Waals surface area contributed by atoms with Crippen LogP contribution in [0.3, 0.4) is 0 Å². The van der Waals surface area contributed by atoms with Crippen molar-refractivity contribution in [1.29, 1.82) is 0 Å². The van der Waals surface area contributed by atoms with E-state index in [1.807, 2.05) is 6.33 Å². The van der Waals surface area contributed by atoms with Crippen LogP contribution in [0.15, 0.2) is 6.33 Å². The molecule has 3 nitrogen and oxygen atoms in total. The molecule has 4 fully saturated rings. The van der Waals surface area contributed by atoms with Gasteiger partial charge in [-0.15, -0.1) is 0 Å². The molecule has 1 heterocycles. The molecule has 1 aromatic rings. The lowest BCUT2D eigenvalue weighted by atomic mass is 9.49. The highest BCUT2D eigenvalue weighted by Gasteiger charge is 2.51. The fourth-order valence-corrected chi connectivity index (χ4v) is 5.82. The molecule has 0 aromatic carbocycles. The molecule has 0 aliphatic heterocycles. The Morgan fingerprint density at radius 1 is 1.20 bits per heavy atom. The van der Waals surface area contributed by atoms with Crippen molar-refractivity contribution < 1.29 is 0 Å². The molecule has 0 unspecified atom stereocenters. The largest absolute Gasteiger partial charge is 0.384 e. The molecule has 110 valence electrons. The monoisotopic (exact) mass is 273 g/mol. The van der Waals surface area contributed by atoms with Crippen molar-refractivity contribution in [3.63, 3.8) is 0 Å². The maximum Gasteiger partial charge on any atom is 0.126 e. The van der Waals surface area contributed by atoms with Crippen molar-refractivity contribution in [2.24, 2.45) is 23.2 Å². The van der Waals surface area contributed by atoms with Gasteiger partial charge in [0.1, 0.15) is 5.82 Å². The van der Waals surface area contributed by atoms with E-state index >= 15 is 0 Å². The SMILES string of the molecule is CC(C)c1ncn(CC23CC4CC(CC(C4)C2)C3)c1N. The van der Waals surface area contributed by atoms with Crippen LogP contribution >= 0.6 is 0 Å². The van der Waals surface area contributed by atoms with E-state index in [4.69, 9.17) is 5.73 Å². The van der Waals surface area contributed by atoms with Gasteiger partial charge in [-0.1, -0.05) is 13.8 Å². The smallest absolute Gasteiger partial charge is 0.126 e. The number of anilines is 1. The van der Waals surface area contributed by atoms with Gasteiger partial charge < -0.3 is 10.3 Å². The molecule has 0 spiro atoms. The van der Waals surface area contributed by atoms with Gasteiger partial charge in [-0.3, -0.25) is 0 Å². The zero-order chi connectivity index (χ0) is 13.9. The molecule has 20 heavy (non-hydrogen) atoms. The first-order chi connectivity index (χ1) is 9.55. The quantitative estimate of drug-likeness (QED) is 0.910. The third-order valence-corrected chi connectivity index (χ3v) is 6.13. The first-order valence-electron chi connectivity index (χ1n) is 8.35. The lowest BCUT2D eigenvalue weighted by molar-refractivity contribution is -0.0616. The average Bonchev–Trinajstić information content (AvgIpc) is 2.68. The van der Waals surface area contributed by atoms with Gasteiger partial charge in [0.05, 0.1) is 12.0 Å². The maximum atomic E-state index is 6.33. The summed E-state index contributed by atoms with van der Waals surface area (Å²) in [6, 6.07) is 0. The lowest BCUT2D eigenvalue weighted by Gasteiger charge is -2.57. The molecular formula is C17H27N3. The number of nitrogen functional groups attached to an aromatic ring is 1. The molecule has 2 N–H and O–H groups in total. The summed E-state index contributed by atoms with van der Waals surface area (Å²) in [5, 5.41) is 0. The maximum absolute atomic E-state index is 6.33. The second kappa shape index (κ2) is 4.25. The van der Waals surface area contributed by atoms with E-state index in [9.17, 15) is 0 Å². The van der Waals surface area contributed by atoms with Gasteiger partial charge in [0.15, 0.2) is 0 Å². The van der Waals surface area contributed by atoms with E-state index in [-0.39, 0.29) is 0 Å². The van der Waals surface area contributed by atoms with Crippen LogP contribution in [0.4, 0.5) is 5.82 Å². The zero-order valence-corrected chi connectivity index (χ0v) is 12.8. The van der Waals surface area contributed by atoms with Gasteiger partial charge >= 0.3 is 0 Å². The predicted molar refractivity (Wildman–Crippen MR) is 81.3 cm³/mol. The molecule has 4 saturated carbocycles. The molecule has 0 saturated heterocycles. The van der Waals surface area contributed by atoms with Crippen LogP contribution in [0.5, 0.6) is 0 Å². The van der Waals surface area contributed by atoms with E-state index in [1.165, 1.54) is 38.5 Å². The molecule has 1 aromatic heterocycles. The van der Waals surface area contributed by atoms with E-state index in [0.29, 0.717) is 11.3 Å². The zero-order valence-electron chi connectivity index (χ0n) is 12.8. The van der Waals surface area contributed by atoms with Crippen LogP contribution in [0.25, 0.3) is 0 Å². The van der Waals surface area contributed by atoms with Crippen LogP contribution in [0.2, 0.25) is 0 Å². The summed E-state index contributed by atoms with van der Waals surface area (Å²) in [5.41, 5.74) is 7.95. The topological polar surface area (TPSA) is 43.8 Å². The van der Waals surface area contributed by atoms with Crippen LogP contribution < -0.4 is 5.73 Å². The number of aromatic nitrogens is 2. The van der Waals surface area contributed by atoms with Crippen LogP contribution in [0, 0.1) is 23.2 Å². The lowest BCUT2D eigenvalue weighted by Crippen LogP contribution is -2.47. The summed E-state index contributed by atoms with van der Waals surface area (Å²) in [6.07, 6.45) is 10.8. The van der Waals surface area contributed by atoms with Gasteiger partial charge in [0.25, 0.3) is 0 Å². The van der Waals surface area contributed by atoms with Crippen molar-refractivity contribution >= 4 is 5.82 Å². The van der Waals surface area contributed by atoms with Gasteiger partial charge in [-0.2, -0.15) is 0 Å². The Morgan fingerprint density at radius 3 is 2.20 bits per heavy atom. The minimum atomic E-state index is 0.424. The number of nitrogens with zero attached hydrogens (tertiary/aromatic N) is 2. The normalized spacial score (nSPS) is 38.9. The Labute approximate surface area is 122 Å². The Bertz CT molecular complexity index is 479. The number of hydrogen-bond donors (Lipinski definition) is 1. The van der Waals surface area contributed by atoms with Crippen molar-refractivity contribution in [2.75, 3.05) is 5.73 Å². The van der Waals surface area contributed by atoms with Crippen molar-refractivity contribution in [1.82, 2.24) is 9.55 Å². The van der Waals surface area contributed by atoms with Gasteiger partial charge in [-0.05, 0) is 67.6 Å². The summed E-state index contributed by atoms with van der Waals surface area (Å²) in [7, 11) is 0. The first kappa shape index (κ1) is 12.7. The highest BCUT2D eigenvalue weighted by molar-refractivity contribution is 5.38. The Morgan fingerprint density at radius 2 is 1.75 bits per heavy atom. The molecule has 3 heteroatoms. The molecule has 4 bridgehead atoms. The van der Waals surface area contributed by atoms with E-state index in [2.05, 4.69) is 23.4 Å².